The molecule has 4 nitrogen and oxygen atoms in total. The van der Waals surface area contributed by atoms with Crippen molar-refractivity contribution in [1.82, 2.24) is 4.98 Å². The van der Waals surface area contributed by atoms with E-state index >= 15 is 0 Å². The smallest absolute Gasteiger partial charge is 0.253 e. The van der Waals surface area contributed by atoms with E-state index in [9.17, 15) is 4.79 Å². The van der Waals surface area contributed by atoms with E-state index in [1.54, 1.807) is 40.7 Å². The van der Waals surface area contributed by atoms with Gasteiger partial charge in [0, 0.05) is 11.0 Å². The van der Waals surface area contributed by atoms with Gasteiger partial charge in [-0.3, -0.25) is 9.69 Å². The Kier molecular flexibility index (Phi) is 4.88. The molecule has 3 aromatic heterocycles. The van der Waals surface area contributed by atoms with Crippen molar-refractivity contribution in [3.05, 3.63) is 75.8 Å². The molecule has 4 aromatic rings. The lowest BCUT2D eigenvalue weighted by molar-refractivity contribution is -0.114. The van der Waals surface area contributed by atoms with Gasteiger partial charge in [0.15, 0.2) is 5.13 Å². The summed E-state index contributed by atoms with van der Waals surface area (Å²) in [6.07, 6.45) is 4.96. The molecule has 4 rings (SSSR count). The number of carbonyl (C=O) groups excluding carboxylic acids is 1. The zero-order valence-corrected chi connectivity index (χ0v) is 15.9. The molecule has 0 N–H and O–H groups in total. The third-order valence-corrected chi connectivity index (χ3v) is 5.87. The van der Waals surface area contributed by atoms with Crippen molar-refractivity contribution in [2.75, 3.05) is 4.90 Å². The fourth-order valence-corrected chi connectivity index (χ4v) is 4.33. The Labute approximate surface area is 163 Å². The first-order valence-corrected chi connectivity index (χ1v) is 9.88. The van der Waals surface area contributed by atoms with Crippen molar-refractivity contribution in [2.24, 2.45) is 0 Å². The molecule has 3 heterocycles. The second kappa shape index (κ2) is 7.45. The van der Waals surface area contributed by atoms with Crippen LogP contribution in [-0.4, -0.2) is 10.9 Å². The van der Waals surface area contributed by atoms with Crippen LogP contribution in [0.3, 0.4) is 0 Å². The number of rotatable bonds is 5. The van der Waals surface area contributed by atoms with E-state index in [2.05, 4.69) is 4.98 Å². The molecule has 0 fully saturated rings. The maximum Gasteiger partial charge on any atom is 0.253 e. The number of halogens is 1. The number of para-hydroxylation sites is 1. The van der Waals surface area contributed by atoms with Gasteiger partial charge in [-0.25, -0.2) is 4.98 Å². The molecule has 0 spiro atoms. The maximum atomic E-state index is 12.9. The average Bonchev–Trinajstić information content (AvgIpc) is 3.39. The molecule has 0 unspecified atom stereocenters. The normalized spacial score (nSPS) is 11.4. The number of aromatic nitrogens is 1. The van der Waals surface area contributed by atoms with Crippen LogP contribution in [0.15, 0.2) is 64.6 Å². The largest absolute Gasteiger partial charge is 0.467 e. The number of carbonyl (C=O) groups is 1. The Morgan fingerprint density at radius 2 is 2.15 bits per heavy atom. The van der Waals surface area contributed by atoms with Gasteiger partial charge in [0.25, 0.3) is 5.91 Å². The monoisotopic (exact) mass is 400 g/mol. The van der Waals surface area contributed by atoms with Crippen molar-refractivity contribution in [2.45, 2.75) is 6.54 Å². The molecule has 0 saturated carbocycles. The zero-order valence-electron chi connectivity index (χ0n) is 13.5. The summed E-state index contributed by atoms with van der Waals surface area (Å²) in [7, 11) is 0. The summed E-state index contributed by atoms with van der Waals surface area (Å²) < 4.78 is 6.36. The maximum absolute atomic E-state index is 12.9. The number of hydrogen-bond acceptors (Lipinski definition) is 5. The van der Waals surface area contributed by atoms with Crippen molar-refractivity contribution >= 4 is 61.6 Å². The van der Waals surface area contributed by atoms with E-state index in [0.717, 1.165) is 9.58 Å². The molecule has 0 aliphatic heterocycles. The van der Waals surface area contributed by atoms with Crippen LogP contribution in [0.1, 0.15) is 10.6 Å². The van der Waals surface area contributed by atoms with Crippen molar-refractivity contribution < 1.29 is 9.21 Å². The van der Waals surface area contributed by atoms with Gasteiger partial charge in [0.2, 0.25) is 0 Å². The van der Waals surface area contributed by atoms with Crippen LogP contribution in [0.25, 0.3) is 16.3 Å². The highest BCUT2D eigenvalue weighted by atomic mass is 35.5. The molecule has 130 valence electrons. The predicted octanol–water partition coefficient (Wildman–Crippen LogP) is 5.85. The number of furan rings is 1. The lowest BCUT2D eigenvalue weighted by atomic mass is 10.3. The number of nitrogens with zero attached hydrogens (tertiary/aromatic N) is 2. The summed E-state index contributed by atoms with van der Waals surface area (Å²) in [5.41, 5.74) is 0.702. The molecule has 1 aromatic carbocycles. The van der Waals surface area contributed by atoms with E-state index in [0.29, 0.717) is 28.0 Å². The van der Waals surface area contributed by atoms with Crippen LogP contribution in [0, 0.1) is 0 Å². The number of fused-ring (bicyclic) bond motifs is 1. The standard InChI is InChI=1S/C19H13ClN2O2S2/c20-15-6-1-7-16-18(15)21-19(26-16)22(12-13-4-2-10-24-13)17(23)9-8-14-5-3-11-25-14/h1-11H,12H2/b9-8+. The van der Waals surface area contributed by atoms with E-state index in [1.807, 2.05) is 41.8 Å². The highest BCUT2D eigenvalue weighted by Gasteiger charge is 2.20. The number of benzene rings is 1. The lowest BCUT2D eigenvalue weighted by Gasteiger charge is -2.16. The molecule has 0 aliphatic rings. The average molecular weight is 401 g/mol. The Bertz CT molecular complexity index is 1050. The highest BCUT2D eigenvalue weighted by Crippen LogP contribution is 2.33. The van der Waals surface area contributed by atoms with Gasteiger partial charge in [-0.05, 0) is 41.8 Å². The number of anilines is 1. The fraction of sp³-hybridized carbons (Fsp3) is 0.0526. The van der Waals surface area contributed by atoms with Gasteiger partial charge in [-0.2, -0.15) is 0 Å². The second-order valence-corrected chi connectivity index (χ2v) is 7.83. The molecule has 1 amide bonds. The predicted molar refractivity (Wildman–Crippen MR) is 108 cm³/mol. The molecular formula is C19H13ClN2O2S2. The topological polar surface area (TPSA) is 46.3 Å². The number of amides is 1. The SMILES string of the molecule is O=C(/C=C/c1cccs1)N(Cc1ccco1)c1nc2c(Cl)cccc2s1. The van der Waals surface area contributed by atoms with Gasteiger partial charge in [-0.1, -0.05) is 35.1 Å². The Balaban J connectivity index is 1.69. The minimum absolute atomic E-state index is 0.162. The zero-order chi connectivity index (χ0) is 17.9. The van der Waals surface area contributed by atoms with Gasteiger partial charge in [0.1, 0.15) is 11.3 Å². The summed E-state index contributed by atoms with van der Waals surface area (Å²) in [5, 5.41) is 3.13. The number of thiophene rings is 1. The van der Waals surface area contributed by atoms with Gasteiger partial charge >= 0.3 is 0 Å². The van der Waals surface area contributed by atoms with Gasteiger partial charge in [0.05, 0.1) is 22.5 Å². The Hall–Kier alpha value is -2.41. The molecule has 0 atom stereocenters. The summed E-state index contributed by atoms with van der Waals surface area (Å²) in [6, 6.07) is 13.2. The fourth-order valence-electron chi connectivity index (χ4n) is 2.45. The quantitative estimate of drug-likeness (QED) is 0.395. The van der Waals surface area contributed by atoms with Gasteiger partial charge < -0.3 is 4.42 Å². The lowest BCUT2D eigenvalue weighted by Crippen LogP contribution is -2.28. The van der Waals surface area contributed by atoms with Crippen molar-refractivity contribution in [1.29, 1.82) is 0 Å². The van der Waals surface area contributed by atoms with Crippen molar-refractivity contribution in [3.8, 4) is 0 Å². The molecule has 0 radical (unpaired) electrons. The van der Waals surface area contributed by atoms with Crippen LogP contribution in [0.4, 0.5) is 5.13 Å². The third kappa shape index (κ3) is 3.58. The van der Waals surface area contributed by atoms with E-state index in [1.165, 1.54) is 11.3 Å². The highest BCUT2D eigenvalue weighted by molar-refractivity contribution is 7.22. The van der Waals surface area contributed by atoms with Gasteiger partial charge in [-0.15, -0.1) is 11.3 Å². The van der Waals surface area contributed by atoms with Crippen molar-refractivity contribution in [3.63, 3.8) is 0 Å². The summed E-state index contributed by atoms with van der Waals surface area (Å²) in [4.78, 5) is 20.1. The minimum atomic E-state index is -0.162. The van der Waals surface area contributed by atoms with Crippen LogP contribution >= 0.6 is 34.3 Å². The minimum Gasteiger partial charge on any atom is -0.467 e. The van der Waals surface area contributed by atoms with Crippen LogP contribution in [0.2, 0.25) is 5.02 Å². The first-order valence-electron chi connectivity index (χ1n) is 7.81. The molecule has 0 saturated heterocycles. The van der Waals surface area contributed by atoms with E-state index in [-0.39, 0.29) is 5.91 Å². The molecule has 7 heteroatoms. The molecule has 0 aliphatic carbocycles. The third-order valence-electron chi connectivity index (χ3n) is 3.68. The Morgan fingerprint density at radius 3 is 2.88 bits per heavy atom. The number of thiazole rings is 1. The first-order chi connectivity index (χ1) is 12.7. The Morgan fingerprint density at radius 1 is 1.23 bits per heavy atom. The molecule has 0 bridgehead atoms. The summed E-state index contributed by atoms with van der Waals surface area (Å²) in [5.74, 6) is 0.526. The molecular weight excluding hydrogens is 388 g/mol. The summed E-state index contributed by atoms with van der Waals surface area (Å²) in [6.45, 7) is 0.304. The second-order valence-electron chi connectivity index (χ2n) is 5.44. The van der Waals surface area contributed by atoms with E-state index in [4.69, 9.17) is 16.0 Å². The van der Waals surface area contributed by atoms with E-state index < -0.39 is 0 Å². The van der Waals surface area contributed by atoms with Crippen LogP contribution in [0.5, 0.6) is 0 Å². The van der Waals surface area contributed by atoms with Crippen LogP contribution < -0.4 is 4.90 Å². The summed E-state index contributed by atoms with van der Waals surface area (Å²) >= 11 is 9.24. The number of hydrogen-bond donors (Lipinski definition) is 0. The van der Waals surface area contributed by atoms with Crippen LogP contribution in [-0.2, 0) is 11.3 Å². The molecule has 26 heavy (non-hydrogen) atoms. The first kappa shape index (κ1) is 17.0.